The number of benzene rings is 1. The molecule has 146 valence electrons. The lowest BCUT2D eigenvalue weighted by Gasteiger charge is -2.08. The van der Waals surface area contributed by atoms with Gasteiger partial charge in [0.1, 0.15) is 17.5 Å². The molecule has 0 unspecified atom stereocenters. The Bertz CT molecular complexity index is 1240. The molecule has 3 heterocycles. The molecule has 3 aromatic heterocycles. The standard InChI is InChI=1S/C19H16N6O2S2/c26-15(9-29-19-22-21-11-24(19)13-6-7-13)23-25-10-20-17-16(18(25)27)14(8-28-17)12-4-2-1-3-5-12/h1-5,8,10-11,13H,6-7,9H2,(H,23,26). The lowest BCUT2D eigenvalue weighted by Crippen LogP contribution is -2.34. The zero-order chi connectivity index (χ0) is 19.8. The summed E-state index contributed by atoms with van der Waals surface area (Å²) >= 11 is 2.71. The molecule has 10 heteroatoms. The zero-order valence-corrected chi connectivity index (χ0v) is 16.8. The Hall–Kier alpha value is -2.98. The maximum atomic E-state index is 13.0. The fourth-order valence-electron chi connectivity index (χ4n) is 3.08. The summed E-state index contributed by atoms with van der Waals surface area (Å²) in [5, 5.41) is 11.1. The van der Waals surface area contributed by atoms with Crippen molar-refractivity contribution >= 4 is 39.2 Å². The number of hydrogen-bond donors (Lipinski definition) is 1. The van der Waals surface area contributed by atoms with Crippen LogP contribution in [0.3, 0.4) is 0 Å². The van der Waals surface area contributed by atoms with Crippen LogP contribution in [-0.2, 0) is 4.79 Å². The van der Waals surface area contributed by atoms with E-state index in [0.717, 1.165) is 28.6 Å². The molecule has 1 aliphatic rings. The zero-order valence-electron chi connectivity index (χ0n) is 15.2. The Kier molecular flexibility index (Phi) is 4.64. The van der Waals surface area contributed by atoms with Gasteiger partial charge >= 0.3 is 0 Å². The van der Waals surface area contributed by atoms with Crippen LogP contribution in [0.1, 0.15) is 18.9 Å². The summed E-state index contributed by atoms with van der Waals surface area (Å²) in [5.74, 6) is -0.175. The van der Waals surface area contributed by atoms with Crippen molar-refractivity contribution in [3.8, 4) is 11.1 Å². The largest absolute Gasteiger partial charge is 0.306 e. The van der Waals surface area contributed by atoms with E-state index < -0.39 is 0 Å². The molecule has 1 saturated carbocycles. The number of carbonyl (C=O) groups excluding carboxylic acids is 1. The minimum atomic E-state index is -0.305. The van der Waals surface area contributed by atoms with E-state index in [1.807, 2.05) is 40.3 Å². The predicted molar refractivity (Wildman–Crippen MR) is 113 cm³/mol. The normalized spacial score (nSPS) is 13.7. The summed E-state index contributed by atoms with van der Waals surface area (Å²) in [6.07, 6.45) is 5.28. The molecule has 5 rings (SSSR count). The molecule has 0 radical (unpaired) electrons. The van der Waals surface area contributed by atoms with Gasteiger partial charge in [-0.3, -0.25) is 15.0 Å². The Morgan fingerprint density at radius 3 is 2.86 bits per heavy atom. The molecule has 1 fully saturated rings. The molecule has 0 saturated heterocycles. The van der Waals surface area contributed by atoms with Gasteiger partial charge in [0.2, 0.25) is 5.91 Å². The number of carbonyl (C=O) groups is 1. The van der Waals surface area contributed by atoms with Crippen LogP contribution in [0.15, 0.2) is 58.3 Å². The van der Waals surface area contributed by atoms with Crippen molar-refractivity contribution in [2.75, 3.05) is 11.2 Å². The summed E-state index contributed by atoms with van der Waals surface area (Å²) in [6.45, 7) is 0. The molecule has 0 bridgehead atoms. The molecule has 1 N–H and O–H groups in total. The molecule has 1 aromatic carbocycles. The van der Waals surface area contributed by atoms with Gasteiger partial charge in [-0.25, -0.2) is 9.66 Å². The minimum absolute atomic E-state index is 0.130. The van der Waals surface area contributed by atoms with Crippen molar-refractivity contribution in [1.29, 1.82) is 0 Å². The van der Waals surface area contributed by atoms with E-state index in [0.29, 0.717) is 21.4 Å². The van der Waals surface area contributed by atoms with Crippen molar-refractivity contribution in [2.24, 2.45) is 0 Å². The Morgan fingerprint density at radius 2 is 2.07 bits per heavy atom. The molecule has 0 spiro atoms. The number of fused-ring (bicyclic) bond motifs is 1. The van der Waals surface area contributed by atoms with Gasteiger partial charge in [-0.15, -0.1) is 21.5 Å². The maximum absolute atomic E-state index is 13.0. The first-order valence-electron chi connectivity index (χ1n) is 9.07. The van der Waals surface area contributed by atoms with Gasteiger partial charge in [0, 0.05) is 17.0 Å². The highest BCUT2D eigenvalue weighted by molar-refractivity contribution is 7.99. The third-order valence-corrected chi connectivity index (χ3v) is 6.48. The number of amides is 1. The highest BCUT2D eigenvalue weighted by Gasteiger charge is 2.26. The van der Waals surface area contributed by atoms with E-state index in [4.69, 9.17) is 0 Å². The summed E-state index contributed by atoms with van der Waals surface area (Å²) in [7, 11) is 0. The summed E-state index contributed by atoms with van der Waals surface area (Å²) in [6, 6.07) is 10.1. The number of aromatic nitrogens is 5. The van der Waals surface area contributed by atoms with Crippen molar-refractivity contribution in [3.63, 3.8) is 0 Å². The maximum Gasteiger partial charge on any atom is 0.281 e. The van der Waals surface area contributed by atoms with Crippen molar-refractivity contribution in [1.82, 2.24) is 24.4 Å². The number of nitrogens with one attached hydrogen (secondary N) is 1. The summed E-state index contributed by atoms with van der Waals surface area (Å²) in [5.41, 5.74) is 4.09. The van der Waals surface area contributed by atoms with Crippen LogP contribution in [-0.4, -0.2) is 36.1 Å². The lowest BCUT2D eigenvalue weighted by atomic mass is 10.1. The van der Waals surface area contributed by atoms with E-state index >= 15 is 0 Å². The first-order chi connectivity index (χ1) is 14.2. The van der Waals surface area contributed by atoms with Gasteiger partial charge in [0.05, 0.1) is 11.1 Å². The molecule has 1 amide bonds. The third-order valence-electron chi connectivity index (χ3n) is 4.64. The number of thiophene rings is 1. The number of rotatable bonds is 6. The van der Waals surface area contributed by atoms with Crippen molar-refractivity contribution in [3.05, 3.63) is 58.7 Å². The van der Waals surface area contributed by atoms with Crippen LogP contribution in [0.5, 0.6) is 0 Å². The van der Waals surface area contributed by atoms with Gasteiger partial charge in [-0.05, 0) is 18.4 Å². The van der Waals surface area contributed by atoms with E-state index in [2.05, 4.69) is 20.6 Å². The smallest absolute Gasteiger partial charge is 0.281 e. The number of thioether (sulfide) groups is 1. The van der Waals surface area contributed by atoms with Crippen LogP contribution < -0.4 is 11.0 Å². The topological polar surface area (TPSA) is 94.7 Å². The SMILES string of the molecule is O=C(CSc1nncn1C1CC1)Nn1cnc2scc(-c3ccccc3)c2c1=O. The Labute approximate surface area is 173 Å². The van der Waals surface area contributed by atoms with E-state index in [9.17, 15) is 9.59 Å². The number of hydrogen-bond acceptors (Lipinski definition) is 7. The van der Waals surface area contributed by atoms with Gasteiger partial charge in [0.25, 0.3) is 5.56 Å². The molecule has 1 aliphatic carbocycles. The summed E-state index contributed by atoms with van der Waals surface area (Å²) < 4.78 is 3.14. The van der Waals surface area contributed by atoms with Crippen molar-refractivity contribution < 1.29 is 4.79 Å². The quantitative estimate of drug-likeness (QED) is 0.478. The van der Waals surface area contributed by atoms with Gasteiger partial charge in [-0.2, -0.15) is 0 Å². The minimum Gasteiger partial charge on any atom is -0.306 e. The fraction of sp³-hybridized carbons (Fsp3) is 0.211. The second kappa shape index (κ2) is 7.45. The molecule has 8 nitrogen and oxygen atoms in total. The highest BCUT2D eigenvalue weighted by atomic mass is 32.2. The molecule has 4 aromatic rings. The van der Waals surface area contributed by atoms with Crippen molar-refractivity contribution in [2.45, 2.75) is 24.0 Å². The first-order valence-corrected chi connectivity index (χ1v) is 10.9. The molecular formula is C19H16N6O2S2. The Morgan fingerprint density at radius 1 is 1.24 bits per heavy atom. The second-order valence-corrected chi connectivity index (χ2v) is 8.49. The lowest BCUT2D eigenvalue weighted by molar-refractivity contribution is -0.114. The van der Waals surface area contributed by atoms with E-state index in [-0.39, 0.29) is 17.2 Å². The molecular weight excluding hydrogens is 408 g/mol. The van der Waals surface area contributed by atoms with E-state index in [1.54, 1.807) is 6.33 Å². The van der Waals surface area contributed by atoms with Crippen LogP contribution in [0.25, 0.3) is 21.3 Å². The second-order valence-electron chi connectivity index (χ2n) is 6.69. The van der Waals surface area contributed by atoms with Gasteiger partial charge in [0.15, 0.2) is 5.16 Å². The Balaban J connectivity index is 1.36. The van der Waals surface area contributed by atoms with Crippen LogP contribution in [0.4, 0.5) is 0 Å². The van der Waals surface area contributed by atoms with Crippen LogP contribution in [0.2, 0.25) is 0 Å². The van der Waals surface area contributed by atoms with Crippen LogP contribution >= 0.6 is 23.1 Å². The third kappa shape index (κ3) is 3.56. The van der Waals surface area contributed by atoms with Gasteiger partial charge < -0.3 is 4.57 Å². The van der Waals surface area contributed by atoms with Gasteiger partial charge in [-0.1, -0.05) is 42.1 Å². The first kappa shape index (κ1) is 18.1. The van der Waals surface area contributed by atoms with Crippen LogP contribution in [0, 0.1) is 0 Å². The summed E-state index contributed by atoms with van der Waals surface area (Å²) in [4.78, 5) is 30.4. The molecule has 0 atom stereocenters. The molecule has 29 heavy (non-hydrogen) atoms. The monoisotopic (exact) mass is 424 g/mol. The fourth-order valence-corrected chi connectivity index (χ4v) is 4.76. The average molecular weight is 425 g/mol. The highest BCUT2D eigenvalue weighted by Crippen LogP contribution is 2.37. The average Bonchev–Trinajstić information content (AvgIpc) is 3.31. The molecule has 0 aliphatic heterocycles. The van der Waals surface area contributed by atoms with E-state index in [1.165, 1.54) is 29.4 Å². The number of nitrogens with zero attached hydrogens (tertiary/aromatic N) is 5. The predicted octanol–water partition coefficient (Wildman–Crippen LogP) is 2.91.